The van der Waals surface area contributed by atoms with Gasteiger partial charge in [-0.2, -0.15) is 0 Å². The number of pyridine rings is 1. The third-order valence-electron chi connectivity index (χ3n) is 2.80. The molecule has 0 aliphatic heterocycles. The van der Waals surface area contributed by atoms with Crippen molar-refractivity contribution in [2.45, 2.75) is 46.2 Å². The van der Waals surface area contributed by atoms with E-state index >= 15 is 0 Å². The van der Waals surface area contributed by atoms with Crippen LogP contribution in [0.1, 0.15) is 32.0 Å². The number of aryl methyl sites for hydroxylation is 1. The third kappa shape index (κ3) is 5.51. The van der Waals surface area contributed by atoms with Gasteiger partial charge >= 0.3 is 0 Å². The van der Waals surface area contributed by atoms with Crippen LogP contribution in [0.3, 0.4) is 0 Å². The van der Waals surface area contributed by atoms with Crippen LogP contribution in [0.4, 0.5) is 14.6 Å². The minimum Gasteiger partial charge on any atom is -0.354 e. The van der Waals surface area contributed by atoms with E-state index in [-0.39, 0.29) is 6.54 Å². The molecular formula is C14H23F2N3. The molecule has 1 aromatic heterocycles. The summed E-state index contributed by atoms with van der Waals surface area (Å²) in [4.78, 5) is 5.90. The van der Waals surface area contributed by atoms with Crippen LogP contribution in [0.5, 0.6) is 0 Å². The van der Waals surface area contributed by atoms with Crippen molar-refractivity contribution >= 4 is 5.82 Å². The maximum Gasteiger partial charge on any atom is 0.255 e. The Morgan fingerprint density at radius 1 is 1.32 bits per heavy atom. The molecule has 0 amide bonds. The molecule has 0 saturated heterocycles. The average molecular weight is 271 g/mol. The summed E-state index contributed by atoms with van der Waals surface area (Å²) in [5, 5.41) is 3.33. The number of hydrogen-bond donors (Lipinski definition) is 1. The van der Waals surface area contributed by atoms with Crippen molar-refractivity contribution in [3.63, 3.8) is 0 Å². The second-order valence-corrected chi connectivity index (χ2v) is 4.99. The second-order valence-electron chi connectivity index (χ2n) is 4.99. The number of hydrogen-bond acceptors (Lipinski definition) is 3. The van der Waals surface area contributed by atoms with Gasteiger partial charge in [0.25, 0.3) is 6.43 Å². The molecule has 5 heteroatoms. The van der Waals surface area contributed by atoms with Gasteiger partial charge in [-0.25, -0.2) is 13.8 Å². The molecule has 108 valence electrons. The van der Waals surface area contributed by atoms with Crippen LogP contribution in [0.2, 0.25) is 0 Å². The van der Waals surface area contributed by atoms with Gasteiger partial charge in [0.15, 0.2) is 0 Å². The topological polar surface area (TPSA) is 28.2 Å². The molecule has 0 atom stereocenters. The SMILES string of the molecule is CCc1cc(CNC(C)C)cc(N(C)CC(F)F)n1. The maximum absolute atomic E-state index is 12.4. The van der Waals surface area contributed by atoms with Gasteiger partial charge in [-0.05, 0) is 24.1 Å². The zero-order valence-electron chi connectivity index (χ0n) is 12.1. The number of aromatic nitrogens is 1. The smallest absolute Gasteiger partial charge is 0.255 e. The standard InChI is InChI=1S/C14H23F2N3/c1-5-12-6-11(8-17-10(2)3)7-14(18-12)19(4)9-13(15)16/h6-7,10,13,17H,5,8-9H2,1-4H3. The lowest BCUT2D eigenvalue weighted by Gasteiger charge is -2.19. The number of rotatable bonds is 7. The van der Waals surface area contributed by atoms with Crippen LogP contribution in [-0.2, 0) is 13.0 Å². The predicted molar refractivity (Wildman–Crippen MR) is 74.9 cm³/mol. The van der Waals surface area contributed by atoms with Gasteiger partial charge in [0.05, 0.1) is 6.54 Å². The minimum absolute atomic E-state index is 0.294. The molecule has 0 saturated carbocycles. The normalized spacial score (nSPS) is 11.4. The zero-order chi connectivity index (χ0) is 14.4. The molecule has 0 radical (unpaired) electrons. The molecule has 1 rings (SSSR count). The fraction of sp³-hybridized carbons (Fsp3) is 0.643. The minimum atomic E-state index is -2.35. The molecule has 1 N–H and O–H groups in total. The Kier molecular flexibility index (Phi) is 6.15. The molecule has 3 nitrogen and oxygen atoms in total. The fourth-order valence-corrected chi connectivity index (χ4v) is 1.73. The Balaban J connectivity index is 2.88. The van der Waals surface area contributed by atoms with Crippen molar-refractivity contribution in [1.82, 2.24) is 10.3 Å². The van der Waals surface area contributed by atoms with Crippen molar-refractivity contribution in [3.8, 4) is 0 Å². The summed E-state index contributed by atoms with van der Waals surface area (Å²) in [7, 11) is 1.65. The lowest BCUT2D eigenvalue weighted by Crippen LogP contribution is -2.26. The Labute approximate surface area is 114 Å². The first-order valence-corrected chi connectivity index (χ1v) is 6.64. The highest BCUT2D eigenvalue weighted by molar-refractivity contribution is 5.42. The van der Waals surface area contributed by atoms with Gasteiger partial charge < -0.3 is 10.2 Å². The van der Waals surface area contributed by atoms with E-state index in [1.165, 1.54) is 4.90 Å². The highest BCUT2D eigenvalue weighted by atomic mass is 19.3. The quantitative estimate of drug-likeness (QED) is 0.826. The summed E-state index contributed by atoms with van der Waals surface area (Å²) in [6.07, 6.45) is -1.56. The predicted octanol–water partition coefficient (Wildman–Crippen LogP) is 2.84. The van der Waals surface area contributed by atoms with E-state index in [9.17, 15) is 8.78 Å². The zero-order valence-corrected chi connectivity index (χ0v) is 12.1. The van der Waals surface area contributed by atoms with Crippen LogP contribution in [0.15, 0.2) is 12.1 Å². The van der Waals surface area contributed by atoms with E-state index in [1.54, 1.807) is 7.05 Å². The first-order chi connectivity index (χ1) is 8.92. The van der Waals surface area contributed by atoms with Crippen molar-refractivity contribution in [2.75, 3.05) is 18.5 Å². The molecule has 1 aromatic rings. The Morgan fingerprint density at radius 2 is 2.00 bits per heavy atom. The first-order valence-electron chi connectivity index (χ1n) is 6.64. The summed E-state index contributed by atoms with van der Waals surface area (Å²) in [5.74, 6) is 0.611. The van der Waals surface area contributed by atoms with Crippen LogP contribution < -0.4 is 10.2 Å². The highest BCUT2D eigenvalue weighted by Gasteiger charge is 2.11. The Morgan fingerprint density at radius 3 is 2.53 bits per heavy atom. The van der Waals surface area contributed by atoms with Gasteiger partial charge in [-0.3, -0.25) is 0 Å². The van der Waals surface area contributed by atoms with E-state index < -0.39 is 6.43 Å². The average Bonchev–Trinajstić information content (AvgIpc) is 2.35. The van der Waals surface area contributed by atoms with Gasteiger partial charge in [0.1, 0.15) is 5.82 Å². The van der Waals surface area contributed by atoms with Gasteiger partial charge in [-0.15, -0.1) is 0 Å². The lowest BCUT2D eigenvalue weighted by molar-refractivity contribution is 0.156. The van der Waals surface area contributed by atoms with Crippen molar-refractivity contribution < 1.29 is 8.78 Å². The maximum atomic E-state index is 12.4. The van der Waals surface area contributed by atoms with Gasteiger partial charge in [-0.1, -0.05) is 20.8 Å². The van der Waals surface area contributed by atoms with E-state index in [1.807, 2.05) is 19.1 Å². The van der Waals surface area contributed by atoms with Crippen molar-refractivity contribution in [1.29, 1.82) is 0 Å². The highest BCUT2D eigenvalue weighted by Crippen LogP contribution is 2.16. The molecule has 0 aliphatic rings. The van der Waals surface area contributed by atoms with E-state index in [0.29, 0.717) is 11.9 Å². The molecule has 1 heterocycles. The third-order valence-corrected chi connectivity index (χ3v) is 2.80. The molecule has 0 fully saturated rings. The first kappa shape index (κ1) is 15.8. The summed E-state index contributed by atoms with van der Waals surface area (Å²) < 4.78 is 24.9. The Hall–Kier alpha value is -1.23. The summed E-state index contributed by atoms with van der Waals surface area (Å²) in [5.41, 5.74) is 2.01. The molecule has 0 aliphatic carbocycles. The number of nitrogens with zero attached hydrogens (tertiary/aromatic N) is 2. The summed E-state index contributed by atoms with van der Waals surface area (Å²) in [6, 6.07) is 4.28. The number of halogens is 2. The summed E-state index contributed by atoms with van der Waals surface area (Å²) in [6.45, 7) is 6.59. The van der Waals surface area contributed by atoms with E-state index in [0.717, 1.165) is 24.2 Å². The van der Waals surface area contributed by atoms with E-state index in [2.05, 4.69) is 24.1 Å². The molecule has 0 aromatic carbocycles. The van der Waals surface area contributed by atoms with Crippen molar-refractivity contribution in [3.05, 3.63) is 23.4 Å². The van der Waals surface area contributed by atoms with Crippen LogP contribution >= 0.6 is 0 Å². The molecule has 0 unspecified atom stereocenters. The molecule has 19 heavy (non-hydrogen) atoms. The van der Waals surface area contributed by atoms with Gasteiger partial charge in [0, 0.05) is 25.3 Å². The van der Waals surface area contributed by atoms with Gasteiger partial charge in [0.2, 0.25) is 0 Å². The fourth-order valence-electron chi connectivity index (χ4n) is 1.73. The number of alkyl halides is 2. The van der Waals surface area contributed by atoms with Crippen LogP contribution in [-0.4, -0.2) is 31.0 Å². The molecule has 0 spiro atoms. The van der Waals surface area contributed by atoms with Crippen LogP contribution in [0.25, 0.3) is 0 Å². The molecule has 0 bridgehead atoms. The van der Waals surface area contributed by atoms with E-state index in [4.69, 9.17) is 0 Å². The van der Waals surface area contributed by atoms with Crippen molar-refractivity contribution in [2.24, 2.45) is 0 Å². The Bertz CT molecular complexity index is 394. The largest absolute Gasteiger partial charge is 0.354 e. The lowest BCUT2D eigenvalue weighted by atomic mass is 10.2. The number of anilines is 1. The monoisotopic (exact) mass is 271 g/mol. The number of nitrogens with one attached hydrogen (secondary N) is 1. The second kappa shape index (κ2) is 7.38. The van der Waals surface area contributed by atoms with Crippen LogP contribution in [0, 0.1) is 0 Å². The molecular weight excluding hydrogens is 248 g/mol. The summed E-state index contributed by atoms with van der Waals surface area (Å²) >= 11 is 0.